The average molecular weight is 310 g/mol. The van der Waals surface area contributed by atoms with E-state index in [0.717, 1.165) is 0 Å². The van der Waals surface area contributed by atoms with Gasteiger partial charge < -0.3 is 16.2 Å². The third kappa shape index (κ3) is 2.68. The number of primary amides is 1. The van der Waals surface area contributed by atoms with Crippen molar-refractivity contribution in [2.24, 2.45) is 5.73 Å². The maximum atomic E-state index is 11.9. The Balaban J connectivity index is 2.59. The van der Waals surface area contributed by atoms with Gasteiger partial charge in [0.15, 0.2) is 0 Å². The van der Waals surface area contributed by atoms with Crippen LogP contribution in [0.2, 0.25) is 5.02 Å². The molecule has 2 rings (SSSR count). The van der Waals surface area contributed by atoms with E-state index in [9.17, 15) is 19.5 Å². The number of carbonyl (C=O) groups is 3. The molecule has 7 nitrogen and oxygen atoms in total. The summed E-state index contributed by atoms with van der Waals surface area (Å²) < 4.78 is 0. The van der Waals surface area contributed by atoms with Crippen LogP contribution in [0, 0.1) is 0 Å². The molecule has 1 heterocycles. The second kappa shape index (κ2) is 5.45. The van der Waals surface area contributed by atoms with Gasteiger partial charge in [-0.1, -0.05) is 23.7 Å². The van der Waals surface area contributed by atoms with Crippen LogP contribution < -0.4 is 11.1 Å². The van der Waals surface area contributed by atoms with Crippen LogP contribution in [-0.4, -0.2) is 28.0 Å². The summed E-state index contributed by atoms with van der Waals surface area (Å²) in [6, 6.07) is 3.70. The molecule has 1 aliphatic heterocycles. The summed E-state index contributed by atoms with van der Waals surface area (Å²) in [7, 11) is 0. The van der Waals surface area contributed by atoms with Gasteiger partial charge in [0.25, 0.3) is 0 Å². The highest BCUT2D eigenvalue weighted by molar-refractivity contribution is 6.30. The number of rotatable bonds is 2. The molecule has 0 unspecified atom stereocenters. The molecule has 0 saturated heterocycles. The van der Waals surface area contributed by atoms with Gasteiger partial charge in [0.1, 0.15) is 0 Å². The number of hydrogen-bond donors (Lipinski definition) is 3. The standard InChI is InChI=1S/C13H12ClN3O4/c1-6-9(11(18)19)10(7-3-2-4-8(14)5-7)16-13(21)17(6)12(15)20/h2-5,10H,1H3,(H2,15,20)(H,16,21)(H,18,19)/t10-/m1/s1. The van der Waals surface area contributed by atoms with E-state index in [-0.39, 0.29) is 11.3 Å². The van der Waals surface area contributed by atoms with Crippen molar-refractivity contribution in [3.63, 3.8) is 0 Å². The van der Waals surface area contributed by atoms with Crippen molar-refractivity contribution in [1.29, 1.82) is 0 Å². The van der Waals surface area contributed by atoms with Crippen molar-refractivity contribution in [3.05, 3.63) is 46.1 Å². The van der Waals surface area contributed by atoms with Crippen LogP contribution in [0.15, 0.2) is 35.5 Å². The van der Waals surface area contributed by atoms with Crippen LogP contribution in [-0.2, 0) is 4.79 Å². The maximum Gasteiger partial charge on any atom is 0.335 e. The first-order valence-electron chi connectivity index (χ1n) is 5.92. The third-order valence-electron chi connectivity index (χ3n) is 3.12. The number of carboxylic acids is 1. The zero-order valence-electron chi connectivity index (χ0n) is 11.0. The van der Waals surface area contributed by atoms with Gasteiger partial charge in [0.05, 0.1) is 11.6 Å². The number of imide groups is 1. The predicted molar refractivity (Wildman–Crippen MR) is 74.5 cm³/mol. The largest absolute Gasteiger partial charge is 0.478 e. The van der Waals surface area contributed by atoms with Crippen LogP contribution in [0.1, 0.15) is 18.5 Å². The van der Waals surface area contributed by atoms with E-state index in [2.05, 4.69) is 5.32 Å². The number of carbonyl (C=O) groups excluding carboxylic acids is 2. The molecule has 1 aromatic rings. The smallest absolute Gasteiger partial charge is 0.335 e. The highest BCUT2D eigenvalue weighted by Gasteiger charge is 2.37. The molecular formula is C13H12ClN3O4. The molecule has 4 amide bonds. The molecule has 0 spiro atoms. The molecule has 0 radical (unpaired) electrons. The van der Waals surface area contributed by atoms with Crippen molar-refractivity contribution < 1.29 is 19.5 Å². The maximum absolute atomic E-state index is 11.9. The molecule has 0 saturated carbocycles. The van der Waals surface area contributed by atoms with E-state index in [1.54, 1.807) is 24.3 Å². The number of nitrogens with zero attached hydrogens (tertiary/aromatic N) is 1. The summed E-state index contributed by atoms with van der Waals surface area (Å²) in [5.41, 5.74) is 5.43. The van der Waals surface area contributed by atoms with E-state index >= 15 is 0 Å². The van der Waals surface area contributed by atoms with Crippen molar-refractivity contribution in [3.8, 4) is 0 Å². The van der Waals surface area contributed by atoms with Crippen LogP contribution >= 0.6 is 11.6 Å². The minimum Gasteiger partial charge on any atom is -0.478 e. The number of amides is 4. The Hall–Kier alpha value is -2.54. The number of halogens is 1. The number of carboxylic acid groups (broad SMARTS) is 1. The fourth-order valence-electron chi connectivity index (χ4n) is 2.22. The topological polar surface area (TPSA) is 113 Å². The molecule has 0 bridgehead atoms. The molecule has 8 heteroatoms. The van der Waals surface area contributed by atoms with Gasteiger partial charge in [-0.25, -0.2) is 19.3 Å². The summed E-state index contributed by atoms with van der Waals surface area (Å²) in [5.74, 6) is -1.26. The van der Waals surface area contributed by atoms with E-state index < -0.39 is 24.1 Å². The molecule has 4 N–H and O–H groups in total. The fourth-order valence-corrected chi connectivity index (χ4v) is 2.42. The van der Waals surface area contributed by atoms with Crippen molar-refractivity contribution in [2.45, 2.75) is 13.0 Å². The van der Waals surface area contributed by atoms with Crippen LogP contribution in [0.5, 0.6) is 0 Å². The summed E-state index contributed by atoms with van der Waals surface area (Å²) in [6.07, 6.45) is 0. The van der Waals surface area contributed by atoms with Gasteiger partial charge in [-0.3, -0.25) is 0 Å². The van der Waals surface area contributed by atoms with E-state index in [0.29, 0.717) is 15.5 Å². The van der Waals surface area contributed by atoms with Crippen LogP contribution in [0.3, 0.4) is 0 Å². The molecule has 1 aliphatic rings. The van der Waals surface area contributed by atoms with Gasteiger partial charge >= 0.3 is 18.0 Å². The lowest BCUT2D eigenvalue weighted by atomic mass is 9.95. The normalized spacial score (nSPS) is 18.5. The summed E-state index contributed by atoms with van der Waals surface area (Å²) in [5, 5.41) is 12.2. The second-order valence-electron chi connectivity index (χ2n) is 4.42. The van der Waals surface area contributed by atoms with Gasteiger partial charge in [-0.05, 0) is 24.6 Å². The fraction of sp³-hybridized carbons (Fsp3) is 0.154. The lowest BCUT2D eigenvalue weighted by Gasteiger charge is -2.32. The lowest BCUT2D eigenvalue weighted by Crippen LogP contribution is -2.51. The first-order chi connectivity index (χ1) is 9.82. The van der Waals surface area contributed by atoms with E-state index in [1.807, 2.05) is 0 Å². The van der Waals surface area contributed by atoms with Gasteiger partial charge in [0, 0.05) is 10.7 Å². The Morgan fingerprint density at radius 1 is 1.43 bits per heavy atom. The highest BCUT2D eigenvalue weighted by atomic mass is 35.5. The molecule has 0 aromatic heterocycles. The van der Waals surface area contributed by atoms with Gasteiger partial charge in [-0.2, -0.15) is 0 Å². The molecule has 110 valence electrons. The molecule has 0 aliphatic carbocycles. The Kier molecular flexibility index (Phi) is 3.86. The Morgan fingerprint density at radius 2 is 2.10 bits per heavy atom. The van der Waals surface area contributed by atoms with E-state index in [1.165, 1.54) is 6.92 Å². The Bertz CT molecular complexity index is 671. The number of benzene rings is 1. The lowest BCUT2D eigenvalue weighted by molar-refractivity contribution is -0.133. The number of nitrogens with two attached hydrogens (primary N) is 1. The molecule has 1 aromatic carbocycles. The zero-order chi connectivity index (χ0) is 15.7. The number of urea groups is 2. The number of hydrogen-bond acceptors (Lipinski definition) is 3. The van der Waals surface area contributed by atoms with Crippen molar-refractivity contribution in [1.82, 2.24) is 10.2 Å². The number of allylic oxidation sites excluding steroid dienone is 1. The minimum absolute atomic E-state index is 0.0243. The quantitative estimate of drug-likeness (QED) is 0.773. The third-order valence-corrected chi connectivity index (χ3v) is 3.35. The minimum atomic E-state index is -1.26. The zero-order valence-corrected chi connectivity index (χ0v) is 11.7. The van der Waals surface area contributed by atoms with E-state index in [4.69, 9.17) is 17.3 Å². The first-order valence-corrected chi connectivity index (χ1v) is 6.30. The van der Waals surface area contributed by atoms with Gasteiger partial charge in [-0.15, -0.1) is 0 Å². The van der Waals surface area contributed by atoms with Crippen LogP contribution in [0.4, 0.5) is 9.59 Å². The van der Waals surface area contributed by atoms with Crippen molar-refractivity contribution >= 4 is 29.6 Å². The summed E-state index contributed by atoms with van der Waals surface area (Å²) >= 11 is 5.88. The molecular weight excluding hydrogens is 298 g/mol. The van der Waals surface area contributed by atoms with Gasteiger partial charge in [0.2, 0.25) is 0 Å². The monoisotopic (exact) mass is 309 g/mol. The molecule has 21 heavy (non-hydrogen) atoms. The average Bonchev–Trinajstić information content (AvgIpc) is 2.36. The predicted octanol–water partition coefficient (Wildman–Crippen LogP) is 1.84. The highest BCUT2D eigenvalue weighted by Crippen LogP contribution is 2.31. The molecule has 1 atom stereocenters. The number of nitrogens with one attached hydrogen (secondary N) is 1. The second-order valence-corrected chi connectivity index (χ2v) is 4.85. The van der Waals surface area contributed by atoms with Crippen molar-refractivity contribution in [2.75, 3.05) is 0 Å². The summed E-state index contributed by atoms with van der Waals surface area (Å²) in [6.45, 7) is 1.35. The summed E-state index contributed by atoms with van der Waals surface area (Å²) in [4.78, 5) is 35.3. The Labute approximate surface area is 125 Å². The molecule has 0 fully saturated rings. The number of aliphatic carboxylic acids is 1. The van der Waals surface area contributed by atoms with Crippen LogP contribution in [0.25, 0.3) is 0 Å². The Morgan fingerprint density at radius 3 is 2.62 bits per heavy atom. The first kappa shape index (κ1) is 14.9. The SMILES string of the molecule is CC1=C(C(=O)O)[C@@H](c2cccc(Cl)c2)NC(=O)N1C(N)=O.